The minimum absolute atomic E-state index is 0.0598. The maximum Gasteiger partial charge on any atom is 0.270 e. The molecule has 1 unspecified atom stereocenters. The van der Waals surface area contributed by atoms with Crippen LogP contribution in [0.15, 0.2) is 36.4 Å². The van der Waals surface area contributed by atoms with Crippen LogP contribution in [0.2, 0.25) is 15.1 Å². The van der Waals surface area contributed by atoms with E-state index in [2.05, 4.69) is 5.32 Å². The molecular weight excluding hydrogens is 407 g/mol. The van der Waals surface area contributed by atoms with Gasteiger partial charge in [-0.2, -0.15) is 0 Å². The summed E-state index contributed by atoms with van der Waals surface area (Å²) >= 11 is 17.7. The second kappa shape index (κ2) is 9.05. The lowest BCUT2D eigenvalue weighted by Gasteiger charge is -2.14. The molecule has 0 saturated heterocycles. The summed E-state index contributed by atoms with van der Waals surface area (Å²) in [5.74, 6) is -0.357. The number of nitro groups is 1. The number of aliphatic hydroxyl groups excluding tert-OH is 1. The first-order chi connectivity index (χ1) is 12.3. The highest BCUT2D eigenvalue weighted by Crippen LogP contribution is 2.31. The minimum atomic E-state index is -1.05. The Hall–Kier alpha value is -2.06. The Morgan fingerprint density at radius 3 is 2.65 bits per heavy atom. The van der Waals surface area contributed by atoms with E-state index in [0.717, 1.165) is 6.07 Å². The van der Waals surface area contributed by atoms with E-state index in [1.165, 1.54) is 12.1 Å². The number of amides is 1. The van der Waals surface area contributed by atoms with Gasteiger partial charge in [0, 0.05) is 18.7 Å². The monoisotopic (exact) mass is 418 g/mol. The van der Waals surface area contributed by atoms with Crippen molar-refractivity contribution >= 4 is 46.4 Å². The summed E-state index contributed by atoms with van der Waals surface area (Å²) in [6.45, 7) is -0.306. The second-order valence-electron chi connectivity index (χ2n) is 5.15. The number of carbonyl (C=O) groups excluding carboxylic acids is 1. The molecule has 0 aliphatic heterocycles. The molecule has 0 fully saturated rings. The smallest absolute Gasteiger partial charge is 0.270 e. The van der Waals surface area contributed by atoms with Crippen LogP contribution in [0.1, 0.15) is 10.4 Å². The van der Waals surface area contributed by atoms with E-state index in [9.17, 15) is 20.0 Å². The summed E-state index contributed by atoms with van der Waals surface area (Å²) in [5.41, 5.74) is -0.328. The van der Waals surface area contributed by atoms with Crippen LogP contribution < -0.4 is 10.1 Å². The molecule has 2 N–H and O–H groups in total. The molecule has 10 heteroatoms. The Morgan fingerprint density at radius 2 is 1.96 bits per heavy atom. The summed E-state index contributed by atoms with van der Waals surface area (Å²) in [7, 11) is 0. The zero-order valence-electron chi connectivity index (χ0n) is 13.1. The fourth-order valence-corrected chi connectivity index (χ4v) is 2.50. The third kappa shape index (κ3) is 5.22. The third-order valence-corrected chi connectivity index (χ3v) is 4.38. The average molecular weight is 420 g/mol. The van der Waals surface area contributed by atoms with Crippen molar-refractivity contribution in [2.45, 2.75) is 6.10 Å². The lowest BCUT2D eigenvalue weighted by atomic mass is 10.2. The molecule has 26 heavy (non-hydrogen) atoms. The van der Waals surface area contributed by atoms with E-state index in [4.69, 9.17) is 39.5 Å². The lowest BCUT2D eigenvalue weighted by molar-refractivity contribution is -0.384. The molecule has 0 bridgehead atoms. The number of nitrogens with one attached hydrogen (secondary N) is 1. The van der Waals surface area contributed by atoms with Gasteiger partial charge in [0.2, 0.25) is 0 Å². The number of halogens is 3. The van der Waals surface area contributed by atoms with Gasteiger partial charge in [0.1, 0.15) is 23.5 Å². The van der Waals surface area contributed by atoms with Crippen LogP contribution in [-0.4, -0.2) is 35.2 Å². The summed E-state index contributed by atoms with van der Waals surface area (Å²) in [4.78, 5) is 22.3. The summed E-state index contributed by atoms with van der Waals surface area (Å²) < 4.78 is 5.36. The van der Waals surface area contributed by atoms with E-state index in [-0.39, 0.29) is 34.4 Å². The highest BCUT2D eigenvalue weighted by atomic mass is 35.5. The topological polar surface area (TPSA) is 102 Å². The Kier molecular flexibility index (Phi) is 7.05. The van der Waals surface area contributed by atoms with Gasteiger partial charge in [-0.15, -0.1) is 0 Å². The van der Waals surface area contributed by atoms with Gasteiger partial charge in [-0.3, -0.25) is 14.9 Å². The largest absolute Gasteiger partial charge is 0.489 e. The first-order valence-electron chi connectivity index (χ1n) is 7.26. The minimum Gasteiger partial charge on any atom is -0.489 e. The van der Waals surface area contributed by atoms with Crippen molar-refractivity contribution in [1.82, 2.24) is 5.32 Å². The fraction of sp³-hybridized carbons (Fsp3) is 0.188. The number of ether oxygens (including phenoxy) is 1. The predicted octanol–water partition coefficient (Wildman–Crippen LogP) is 3.72. The van der Waals surface area contributed by atoms with Crippen LogP contribution in [0.4, 0.5) is 5.69 Å². The molecule has 0 radical (unpaired) electrons. The zero-order chi connectivity index (χ0) is 19.3. The van der Waals surface area contributed by atoms with Crippen LogP contribution in [0, 0.1) is 10.1 Å². The first-order valence-corrected chi connectivity index (χ1v) is 8.40. The van der Waals surface area contributed by atoms with Gasteiger partial charge in [-0.05, 0) is 18.2 Å². The van der Waals surface area contributed by atoms with E-state index >= 15 is 0 Å². The number of non-ortho nitro benzene ring substituents is 1. The molecule has 0 heterocycles. The number of hydrogen-bond acceptors (Lipinski definition) is 5. The van der Waals surface area contributed by atoms with Gasteiger partial charge >= 0.3 is 0 Å². The van der Waals surface area contributed by atoms with E-state index in [1.807, 2.05) is 0 Å². The molecule has 0 aliphatic rings. The van der Waals surface area contributed by atoms with Crippen molar-refractivity contribution in [1.29, 1.82) is 0 Å². The maximum absolute atomic E-state index is 12.1. The SMILES string of the molecule is O=C(NCC(O)COc1cccc(Cl)c1Cl)c1cc([N+](=O)[O-])ccc1Cl. The van der Waals surface area contributed by atoms with Crippen LogP contribution in [-0.2, 0) is 0 Å². The van der Waals surface area contributed by atoms with Crippen molar-refractivity contribution in [2.75, 3.05) is 13.2 Å². The third-order valence-electron chi connectivity index (χ3n) is 3.25. The molecular formula is C16H13Cl3N2O5. The highest BCUT2D eigenvalue weighted by molar-refractivity contribution is 6.42. The number of aliphatic hydroxyl groups is 1. The Morgan fingerprint density at radius 1 is 1.23 bits per heavy atom. The van der Waals surface area contributed by atoms with Gasteiger partial charge in [0.05, 0.1) is 20.5 Å². The number of nitrogens with zero attached hydrogens (tertiary/aromatic N) is 1. The predicted molar refractivity (Wildman–Crippen MR) is 98.4 cm³/mol. The van der Waals surface area contributed by atoms with Crippen molar-refractivity contribution in [3.05, 3.63) is 67.1 Å². The van der Waals surface area contributed by atoms with Crippen molar-refractivity contribution in [2.24, 2.45) is 0 Å². The lowest BCUT2D eigenvalue weighted by Crippen LogP contribution is -2.35. The standard InChI is InChI=1S/C16H13Cl3N2O5/c17-12-5-4-9(21(24)25)6-11(12)16(23)20-7-10(22)8-26-14-3-1-2-13(18)15(14)19/h1-6,10,22H,7-8H2,(H,20,23). The molecule has 2 rings (SSSR count). The molecule has 0 spiro atoms. The Labute approximate surface area is 163 Å². The highest BCUT2D eigenvalue weighted by Gasteiger charge is 2.17. The van der Waals surface area contributed by atoms with Crippen molar-refractivity contribution < 1.29 is 19.6 Å². The summed E-state index contributed by atoms with van der Waals surface area (Å²) in [5, 5.41) is 23.7. The van der Waals surface area contributed by atoms with Crippen LogP contribution >= 0.6 is 34.8 Å². The Balaban J connectivity index is 1.92. The number of benzene rings is 2. The van der Waals surface area contributed by atoms with Crippen LogP contribution in [0.25, 0.3) is 0 Å². The molecule has 1 atom stereocenters. The van der Waals surface area contributed by atoms with Crippen LogP contribution in [0.3, 0.4) is 0 Å². The van der Waals surface area contributed by atoms with Gasteiger partial charge in [0.25, 0.3) is 11.6 Å². The second-order valence-corrected chi connectivity index (χ2v) is 6.34. The van der Waals surface area contributed by atoms with E-state index in [1.54, 1.807) is 18.2 Å². The van der Waals surface area contributed by atoms with Gasteiger partial charge in [-0.1, -0.05) is 40.9 Å². The average Bonchev–Trinajstić information content (AvgIpc) is 2.61. The molecule has 0 saturated carbocycles. The Bertz CT molecular complexity index is 832. The maximum atomic E-state index is 12.1. The quantitative estimate of drug-likeness (QED) is 0.526. The zero-order valence-corrected chi connectivity index (χ0v) is 15.4. The molecule has 7 nitrogen and oxygen atoms in total. The van der Waals surface area contributed by atoms with Crippen molar-refractivity contribution in [3.63, 3.8) is 0 Å². The molecule has 138 valence electrons. The van der Waals surface area contributed by atoms with Gasteiger partial charge in [0.15, 0.2) is 0 Å². The van der Waals surface area contributed by atoms with Crippen LogP contribution in [0.5, 0.6) is 5.75 Å². The molecule has 2 aromatic carbocycles. The number of carbonyl (C=O) groups is 1. The number of hydrogen-bond donors (Lipinski definition) is 2. The molecule has 0 aromatic heterocycles. The van der Waals surface area contributed by atoms with Crippen molar-refractivity contribution in [3.8, 4) is 5.75 Å². The summed E-state index contributed by atoms with van der Waals surface area (Å²) in [6, 6.07) is 8.33. The van der Waals surface area contributed by atoms with Gasteiger partial charge in [-0.25, -0.2) is 0 Å². The van der Waals surface area contributed by atoms with E-state index in [0.29, 0.717) is 10.8 Å². The normalized spacial score (nSPS) is 11.7. The van der Waals surface area contributed by atoms with Gasteiger partial charge < -0.3 is 15.2 Å². The first kappa shape index (κ1) is 20.3. The number of nitro benzene ring substituents is 1. The molecule has 2 aromatic rings. The number of rotatable bonds is 7. The molecule has 0 aliphatic carbocycles. The summed E-state index contributed by atoms with van der Waals surface area (Å²) in [6.07, 6.45) is -1.05. The molecule has 1 amide bonds. The van der Waals surface area contributed by atoms with E-state index < -0.39 is 16.9 Å². The fourth-order valence-electron chi connectivity index (χ4n) is 1.95.